The van der Waals surface area contributed by atoms with Gasteiger partial charge in [-0.1, -0.05) is 12.1 Å². The predicted molar refractivity (Wildman–Crippen MR) is 69.2 cm³/mol. The summed E-state index contributed by atoms with van der Waals surface area (Å²) in [7, 11) is 0. The molecule has 0 bridgehead atoms. The summed E-state index contributed by atoms with van der Waals surface area (Å²) in [5, 5.41) is 0. The van der Waals surface area contributed by atoms with Crippen LogP contribution in [0.3, 0.4) is 0 Å². The number of thioether (sulfide) groups is 1. The van der Waals surface area contributed by atoms with Gasteiger partial charge in [-0.3, -0.25) is 0 Å². The SMILES string of the molecule is CSc1ccccc1OCc1occc1CN. The van der Waals surface area contributed by atoms with Gasteiger partial charge in [-0.05, 0) is 24.5 Å². The average Bonchev–Trinajstić information content (AvgIpc) is 2.84. The van der Waals surface area contributed by atoms with Gasteiger partial charge in [-0.15, -0.1) is 11.8 Å². The van der Waals surface area contributed by atoms with E-state index < -0.39 is 0 Å². The van der Waals surface area contributed by atoms with Crippen LogP contribution in [0.1, 0.15) is 11.3 Å². The van der Waals surface area contributed by atoms with Crippen LogP contribution in [0.25, 0.3) is 0 Å². The van der Waals surface area contributed by atoms with Gasteiger partial charge in [0.15, 0.2) is 0 Å². The number of rotatable bonds is 5. The molecule has 17 heavy (non-hydrogen) atoms. The standard InChI is InChI=1S/C13H15NO2S/c1-17-13-5-3-2-4-11(13)16-9-12-10(8-14)6-7-15-12/h2-7H,8-9,14H2,1H3. The van der Waals surface area contributed by atoms with Gasteiger partial charge in [-0.2, -0.15) is 0 Å². The summed E-state index contributed by atoms with van der Waals surface area (Å²) >= 11 is 1.66. The molecule has 0 fully saturated rings. The topological polar surface area (TPSA) is 48.4 Å². The second kappa shape index (κ2) is 5.80. The third-order valence-electron chi connectivity index (χ3n) is 2.49. The van der Waals surface area contributed by atoms with Gasteiger partial charge in [-0.25, -0.2) is 0 Å². The number of benzene rings is 1. The zero-order chi connectivity index (χ0) is 12.1. The second-order valence-electron chi connectivity index (χ2n) is 3.51. The fourth-order valence-electron chi connectivity index (χ4n) is 1.56. The molecule has 2 rings (SSSR count). The van der Waals surface area contributed by atoms with Crippen molar-refractivity contribution in [2.45, 2.75) is 18.0 Å². The van der Waals surface area contributed by atoms with Crippen LogP contribution in [-0.2, 0) is 13.2 Å². The fourth-order valence-corrected chi connectivity index (χ4v) is 2.10. The number of hydrogen-bond acceptors (Lipinski definition) is 4. The number of furan rings is 1. The highest BCUT2D eigenvalue weighted by Gasteiger charge is 2.07. The molecule has 0 aliphatic rings. The van der Waals surface area contributed by atoms with E-state index in [1.54, 1.807) is 18.0 Å². The molecule has 0 radical (unpaired) electrons. The summed E-state index contributed by atoms with van der Waals surface area (Å²) in [6.45, 7) is 0.885. The van der Waals surface area contributed by atoms with Gasteiger partial charge >= 0.3 is 0 Å². The van der Waals surface area contributed by atoms with E-state index in [0.717, 1.165) is 22.0 Å². The lowest BCUT2D eigenvalue weighted by molar-refractivity contribution is 0.263. The molecule has 0 amide bonds. The summed E-state index contributed by atoms with van der Waals surface area (Å²) < 4.78 is 11.1. The van der Waals surface area contributed by atoms with Crippen LogP contribution >= 0.6 is 11.8 Å². The predicted octanol–water partition coefficient (Wildman–Crippen LogP) is 3.04. The van der Waals surface area contributed by atoms with Crippen LogP contribution in [0.15, 0.2) is 45.9 Å². The maximum atomic E-state index is 5.74. The lowest BCUT2D eigenvalue weighted by atomic mass is 10.2. The van der Waals surface area contributed by atoms with Crippen molar-refractivity contribution < 1.29 is 9.15 Å². The van der Waals surface area contributed by atoms with Crippen molar-refractivity contribution in [1.82, 2.24) is 0 Å². The Kier molecular flexibility index (Phi) is 4.12. The van der Waals surface area contributed by atoms with Gasteiger partial charge in [0.25, 0.3) is 0 Å². The Morgan fingerprint density at radius 2 is 2.12 bits per heavy atom. The Morgan fingerprint density at radius 1 is 1.29 bits per heavy atom. The molecule has 1 aromatic carbocycles. The van der Waals surface area contributed by atoms with E-state index in [9.17, 15) is 0 Å². The van der Waals surface area contributed by atoms with E-state index in [2.05, 4.69) is 0 Å². The minimum atomic E-state index is 0.414. The van der Waals surface area contributed by atoms with Crippen LogP contribution < -0.4 is 10.5 Å². The molecule has 0 aliphatic heterocycles. The average molecular weight is 249 g/mol. The molecule has 4 heteroatoms. The highest BCUT2D eigenvalue weighted by molar-refractivity contribution is 7.98. The van der Waals surface area contributed by atoms with Crippen LogP contribution in [0.4, 0.5) is 0 Å². The molecule has 1 heterocycles. The summed E-state index contributed by atoms with van der Waals surface area (Å²) in [5.74, 6) is 1.67. The first kappa shape index (κ1) is 12.1. The first-order valence-electron chi connectivity index (χ1n) is 5.36. The Morgan fingerprint density at radius 3 is 2.88 bits per heavy atom. The quantitative estimate of drug-likeness (QED) is 0.827. The maximum absolute atomic E-state index is 5.74. The lowest BCUT2D eigenvalue weighted by Crippen LogP contribution is -2.02. The molecule has 0 saturated carbocycles. The van der Waals surface area contributed by atoms with E-state index in [-0.39, 0.29) is 0 Å². The summed E-state index contributed by atoms with van der Waals surface area (Å²) in [6.07, 6.45) is 3.67. The molecule has 0 spiro atoms. The monoisotopic (exact) mass is 249 g/mol. The third-order valence-corrected chi connectivity index (χ3v) is 3.26. The van der Waals surface area contributed by atoms with Gasteiger partial charge in [0.2, 0.25) is 0 Å². The van der Waals surface area contributed by atoms with Crippen molar-refractivity contribution in [3.63, 3.8) is 0 Å². The number of ether oxygens (including phenoxy) is 1. The Labute approximate surface area is 105 Å². The first-order chi connectivity index (χ1) is 8.35. The summed E-state index contributed by atoms with van der Waals surface area (Å²) in [5.41, 5.74) is 6.59. The third kappa shape index (κ3) is 2.84. The molecule has 1 aromatic heterocycles. The van der Waals surface area contributed by atoms with Gasteiger partial charge in [0.05, 0.1) is 6.26 Å². The molecule has 0 aliphatic carbocycles. The highest BCUT2D eigenvalue weighted by Crippen LogP contribution is 2.27. The van der Waals surface area contributed by atoms with Crippen molar-refractivity contribution in [2.24, 2.45) is 5.73 Å². The first-order valence-corrected chi connectivity index (χ1v) is 6.58. The molecule has 0 atom stereocenters. The van der Waals surface area contributed by atoms with Crippen molar-refractivity contribution in [1.29, 1.82) is 0 Å². The van der Waals surface area contributed by atoms with Crippen molar-refractivity contribution in [3.05, 3.63) is 47.9 Å². The largest absolute Gasteiger partial charge is 0.484 e. The Hall–Kier alpha value is -1.39. The minimum Gasteiger partial charge on any atom is -0.484 e. The molecular formula is C13H15NO2S. The van der Waals surface area contributed by atoms with Crippen LogP contribution in [-0.4, -0.2) is 6.26 Å². The van der Waals surface area contributed by atoms with Crippen molar-refractivity contribution in [2.75, 3.05) is 6.26 Å². The smallest absolute Gasteiger partial charge is 0.146 e. The lowest BCUT2D eigenvalue weighted by Gasteiger charge is -2.09. The van der Waals surface area contributed by atoms with Crippen molar-refractivity contribution >= 4 is 11.8 Å². The van der Waals surface area contributed by atoms with E-state index in [1.807, 2.05) is 36.6 Å². The van der Waals surface area contributed by atoms with E-state index in [4.69, 9.17) is 14.9 Å². The molecule has 2 N–H and O–H groups in total. The van der Waals surface area contributed by atoms with E-state index in [0.29, 0.717) is 13.2 Å². The van der Waals surface area contributed by atoms with Gasteiger partial charge < -0.3 is 14.9 Å². The van der Waals surface area contributed by atoms with Crippen LogP contribution in [0.2, 0.25) is 0 Å². The van der Waals surface area contributed by atoms with E-state index >= 15 is 0 Å². The summed E-state index contributed by atoms with van der Waals surface area (Å²) in [6, 6.07) is 9.82. The van der Waals surface area contributed by atoms with Crippen LogP contribution in [0.5, 0.6) is 5.75 Å². The molecule has 2 aromatic rings. The normalized spacial score (nSPS) is 10.5. The molecule has 3 nitrogen and oxygen atoms in total. The van der Waals surface area contributed by atoms with E-state index in [1.165, 1.54) is 0 Å². The fraction of sp³-hybridized carbons (Fsp3) is 0.231. The molecule has 0 unspecified atom stereocenters. The maximum Gasteiger partial charge on any atom is 0.146 e. The number of nitrogens with two attached hydrogens (primary N) is 1. The second-order valence-corrected chi connectivity index (χ2v) is 4.36. The van der Waals surface area contributed by atoms with Crippen LogP contribution in [0, 0.1) is 0 Å². The molecule has 0 saturated heterocycles. The zero-order valence-electron chi connectivity index (χ0n) is 9.68. The Balaban J connectivity index is 2.07. The number of para-hydroxylation sites is 1. The summed E-state index contributed by atoms with van der Waals surface area (Å²) in [4.78, 5) is 1.12. The van der Waals surface area contributed by atoms with Crippen molar-refractivity contribution in [3.8, 4) is 5.75 Å². The zero-order valence-corrected chi connectivity index (χ0v) is 10.5. The van der Waals surface area contributed by atoms with Gasteiger partial charge in [0.1, 0.15) is 18.1 Å². The Bertz CT molecular complexity index is 482. The highest BCUT2D eigenvalue weighted by atomic mass is 32.2. The van der Waals surface area contributed by atoms with Gasteiger partial charge in [0, 0.05) is 17.0 Å². The molecular weight excluding hydrogens is 234 g/mol. The number of hydrogen-bond donors (Lipinski definition) is 1. The molecule has 90 valence electrons. The minimum absolute atomic E-state index is 0.414.